The Morgan fingerprint density at radius 3 is 3.06 bits per heavy atom. The molecule has 1 aliphatic heterocycles. The van der Waals surface area contributed by atoms with E-state index in [1.54, 1.807) is 6.26 Å². The molecule has 2 heterocycles. The van der Waals surface area contributed by atoms with E-state index in [-0.39, 0.29) is 0 Å². The molecule has 0 amide bonds. The van der Waals surface area contributed by atoms with Crippen molar-refractivity contribution < 1.29 is 4.42 Å². The maximum Gasteiger partial charge on any atom is 0.117 e. The quantitative estimate of drug-likeness (QED) is 0.821. The summed E-state index contributed by atoms with van der Waals surface area (Å²) < 4.78 is 5.38. The van der Waals surface area contributed by atoms with Gasteiger partial charge in [-0.3, -0.25) is 4.90 Å². The van der Waals surface area contributed by atoms with Gasteiger partial charge in [0.25, 0.3) is 0 Å². The Labute approximate surface area is 96.8 Å². The largest absolute Gasteiger partial charge is 0.468 e. The molecule has 1 atom stereocenters. The van der Waals surface area contributed by atoms with E-state index in [2.05, 4.69) is 16.3 Å². The number of furan rings is 1. The van der Waals surface area contributed by atoms with Gasteiger partial charge in [0.05, 0.1) is 12.8 Å². The van der Waals surface area contributed by atoms with Crippen LogP contribution in [-0.4, -0.2) is 30.6 Å². The molecule has 1 unspecified atom stereocenters. The topological polar surface area (TPSA) is 28.4 Å². The molecule has 1 N–H and O–H groups in total. The smallest absolute Gasteiger partial charge is 0.117 e. The Hall–Kier alpha value is -0.800. The van der Waals surface area contributed by atoms with Crippen LogP contribution >= 0.6 is 0 Å². The zero-order chi connectivity index (χ0) is 10.8. The van der Waals surface area contributed by atoms with Crippen LogP contribution in [0.15, 0.2) is 22.8 Å². The summed E-state index contributed by atoms with van der Waals surface area (Å²) in [6, 6.07) is 4.88. The summed E-state index contributed by atoms with van der Waals surface area (Å²) in [5.41, 5.74) is 0. The fourth-order valence-electron chi connectivity index (χ4n) is 2.47. The molecule has 1 saturated carbocycles. The summed E-state index contributed by atoms with van der Waals surface area (Å²) in [6.07, 6.45) is 5.88. The van der Waals surface area contributed by atoms with Crippen LogP contribution in [0.5, 0.6) is 0 Å². The predicted octanol–water partition coefficient (Wildman–Crippen LogP) is 1.85. The zero-order valence-electron chi connectivity index (χ0n) is 9.69. The van der Waals surface area contributed by atoms with Crippen molar-refractivity contribution in [2.45, 2.75) is 31.8 Å². The Morgan fingerprint density at radius 2 is 2.31 bits per heavy atom. The highest BCUT2D eigenvalue weighted by Crippen LogP contribution is 2.22. The molecule has 0 spiro atoms. The van der Waals surface area contributed by atoms with Crippen molar-refractivity contribution >= 4 is 0 Å². The lowest BCUT2D eigenvalue weighted by Gasteiger charge is -2.14. The van der Waals surface area contributed by atoms with Crippen LogP contribution in [-0.2, 0) is 6.54 Å². The second-order valence-electron chi connectivity index (χ2n) is 5.15. The Morgan fingerprint density at radius 1 is 1.38 bits per heavy atom. The van der Waals surface area contributed by atoms with E-state index in [9.17, 15) is 0 Å². The van der Waals surface area contributed by atoms with E-state index in [0.29, 0.717) is 0 Å². The van der Waals surface area contributed by atoms with Crippen LogP contribution in [0.25, 0.3) is 0 Å². The van der Waals surface area contributed by atoms with Crippen molar-refractivity contribution in [1.82, 2.24) is 10.2 Å². The molecule has 1 aliphatic carbocycles. The lowest BCUT2D eigenvalue weighted by atomic mass is 10.1. The average molecular weight is 220 g/mol. The monoisotopic (exact) mass is 220 g/mol. The first-order chi connectivity index (χ1) is 7.90. The average Bonchev–Trinajstić information content (AvgIpc) is 2.78. The number of likely N-dealkylation sites (tertiary alicyclic amines) is 1. The van der Waals surface area contributed by atoms with Crippen LogP contribution in [0.2, 0.25) is 0 Å². The van der Waals surface area contributed by atoms with E-state index in [1.807, 2.05) is 6.07 Å². The summed E-state index contributed by atoms with van der Waals surface area (Å²) in [7, 11) is 0. The first-order valence-corrected chi connectivity index (χ1v) is 6.38. The van der Waals surface area contributed by atoms with Crippen LogP contribution in [0.3, 0.4) is 0 Å². The minimum absolute atomic E-state index is 0.843. The Balaban J connectivity index is 1.41. The van der Waals surface area contributed by atoms with Gasteiger partial charge in [-0.25, -0.2) is 0 Å². The van der Waals surface area contributed by atoms with Gasteiger partial charge >= 0.3 is 0 Å². The van der Waals surface area contributed by atoms with Crippen molar-refractivity contribution in [3.05, 3.63) is 24.2 Å². The van der Waals surface area contributed by atoms with Gasteiger partial charge in [-0.2, -0.15) is 0 Å². The number of rotatable bonds is 5. The molecule has 0 bridgehead atoms. The van der Waals surface area contributed by atoms with Crippen LogP contribution in [0.4, 0.5) is 0 Å². The third kappa shape index (κ3) is 2.66. The molecule has 2 fully saturated rings. The first kappa shape index (κ1) is 10.4. The maximum absolute atomic E-state index is 5.38. The zero-order valence-corrected chi connectivity index (χ0v) is 9.69. The van der Waals surface area contributed by atoms with Gasteiger partial charge in [0, 0.05) is 12.6 Å². The highest BCUT2D eigenvalue weighted by molar-refractivity contribution is 4.98. The summed E-state index contributed by atoms with van der Waals surface area (Å²) in [4.78, 5) is 2.50. The fourth-order valence-corrected chi connectivity index (χ4v) is 2.47. The van der Waals surface area contributed by atoms with Crippen LogP contribution in [0.1, 0.15) is 25.0 Å². The van der Waals surface area contributed by atoms with E-state index in [4.69, 9.17) is 4.42 Å². The predicted molar refractivity (Wildman–Crippen MR) is 63.1 cm³/mol. The SMILES string of the molecule is c1coc(CN2CCC(CNC3CC3)C2)c1. The summed E-state index contributed by atoms with van der Waals surface area (Å²) >= 11 is 0. The highest BCUT2D eigenvalue weighted by Gasteiger charge is 2.26. The highest BCUT2D eigenvalue weighted by atomic mass is 16.3. The minimum atomic E-state index is 0.843. The molecule has 88 valence electrons. The van der Waals surface area contributed by atoms with E-state index >= 15 is 0 Å². The molecular weight excluding hydrogens is 200 g/mol. The molecule has 3 rings (SSSR count). The summed E-state index contributed by atoms with van der Waals surface area (Å²) in [5.74, 6) is 1.94. The fraction of sp³-hybridized carbons (Fsp3) is 0.692. The second-order valence-corrected chi connectivity index (χ2v) is 5.15. The Kier molecular flexibility index (Phi) is 2.98. The van der Waals surface area contributed by atoms with Crippen LogP contribution < -0.4 is 5.32 Å². The van der Waals surface area contributed by atoms with E-state index in [0.717, 1.165) is 24.3 Å². The van der Waals surface area contributed by atoms with Crippen molar-refractivity contribution in [2.24, 2.45) is 5.92 Å². The maximum atomic E-state index is 5.38. The molecule has 3 heteroatoms. The van der Waals surface area contributed by atoms with Gasteiger partial charge in [-0.15, -0.1) is 0 Å². The molecule has 0 aromatic carbocycles. The normalized spacial score (nSPS) is 26.4. The van der Waals surface area contributed by atoms with Crippen molar-refractivity contribution in [3.8, 4) is 0 Å². The van der Waals surface area contributed by atoms with Crippen molar-refractivity contribution in [2.75, 3.05) is 19.6 Å². The van der Waals surface area contributed by atoms with Gasteiger partial charge in [-0.1, -0.05) is 0 Å². The van der Waals surface area contributed by atoms with Crippen LogP contribution in [0, 0.1) is 5.92 Å². The summed E-state index contributed by atoms with van der Waals surface area (Å²) in [6.45, 7) is 4.63. The number of hydrogen-bond acceptors (Lipinski definition) is 3. The van der Waals surface area contributed by atoms with Crippen molar-refractivity contribution in [3.63, 3.8) is 0 Å². The lowest BCUT2D eigenvalue weighted by Crippen LogP contribution is -2.27. The molecule has 1 aromatic heterocycles. The van der Waals surface area contributed by atoms with E-state index in [1.165, 1.54) is 38.9 Å². The number of hydrogen-bond donors (Lipinski definition) is 1. The second kappa shape index (κ2) is 4.60. The van der Waals surface area contributed by atoms with Gasteiger partial charge in [0.15, 0.2) is 0 Å². The van der Waals surface area contributed by atoms with Gasteiger partial charge in [-0.05, 0) is 50.4 Å². The van der Waals surface area contributed by atoms with Gasteiger partial charge in [0.1, 0.15) is 5.76 Å². The first-order valence-electron chi connectivity index (χ1n) is 6.38. The standard InChI is InChI=1S/C13H20N2O/c1-2-13(16-7-1)10-15-6-5-11(9-15)8-14-12-3-4-12/h1-2,7,11-12,14H,3-6,8-10H2. The van der Waals surface area contributed by atoms with Crippen molar-refractivity contribution in [1.29, 1.82) is 0 Å². The number of nitrogens with one attached hydrogen (secondary N) is 1. The third-order valence-corrected chi connectivity index (χ3v) is 3.60. The Bertz CT molecular complexity index is 319. The van der Waals surface area contributed by atoms with E-state index < -0.39 is 0 Å². The molecular formula is C13H20N2O. The third-order valence-electron chi connectivity index (χ3n) is 3.60. The molecule has 16 heavy (non-hydrogen) atoms. The molecule has 3 nitrogen and oxygen atoms in total. The number of nitrogens with zero attached hydrogens (tertiary/aromatic N) is 1. The molecule has 2 aliphatic rings. The minimum Gasteiger partial charge on any atom is -0.468 e. The van der Waals surface area contributed by atoms with Gasteiger partial charge in [0.2, 0.25) is 0 Å². The molecule has 1 aromatic rings. The molecule has 1 saturated heterocycles. The lowest BCUT2D eigenvalue weighted by molar-refractivity contribution is 0.285. The van der Waals surface area contributed by atoms with Gasteiger partial charge < -0.3 is 9.73 Å². The summed E-state index contributed by atoms with van der Waals surface area (Å²) in [5, 5.41) is 3.63. The molecule has 0 radical (unpaired) electrons.